The molecule has 0 unspecified atom stereocenters. The quantitative estimate of drug-likeness (QED) is 0.348. The summed E-state index contributed by atoms with van der Waals surface area (Å²) in [5.74, 6) is 0.0589. The SMILES string of the molecule is COc1cc(C=Nn2c(C)nc3ccc(Br)cc3c2=O)cc(I)c1O[C@H](C)C(=O)O. The summed E-state index contributed by atoms with van der Waals surface area (Å²) in [5, 5.41) is 13.8. The van der Waals surface area contributed by atoms with Crippen molar-refractivity contribution in [2.24, 2.45) is 5.10 Å². The Bertz CT molecular complexity index is 1230. The molecule has 1 aromatic heterocycles. The second-order valence-electron chi connectivity index (χ2n) is 6.31. The summed E-state index contributed by atoms with van der Waals surface area (Å²) >= 11 is 5.39. The van der Waals surface area contributed by atoms with Gasteiger partial charge in [0.15, 0.2) is 17.6 Å². The standard InChI is InChI=1S/C20H17BrIN3O5/c1-10(20(27)28)30-18-15(22)6-12(7-17(18)29-3)9-23-25-11(2)24-16-5-4-13(21)8-14(16)19(25)26/h4-10H,1-3H3,(H,27,28)/t10-/m1/s1. The highest BCUT2D eigenvalue weighted by atomic mass is 127. The Labute approximate surface area is 193 Å². The third kappa shape index (κ3) is 4.64. The number of rotatable bonds is 6. The number of nitrogens with zero attached hydrogens (tertiary/aromatic N) is 3. The van der Waals surface area contributed by atoms with E-state index in [0.29, 0.717) is 37.4 Å². The topological polar surface area (TPSA) is 103 Å². The van der Waals surface area contributed by atoms with E-state index in [4.69, 9.17) is 14.6 Å². The Morgan fingerprint density at radius 3 is 2.77 bits per heavy atom. The van der Waals surface area contributed by atoms with Crippen molar-refractivity contribution in [3.8, 4) is 11.5 Å². The number of benzene rings is 2. The lowest BCUT2D eigenvalue weighted by molar-refractivity contribution is -0.144. The number of halogens is 2. The summed E-state index contributed by atoms with van der Waals surface area (Å²) in [6.45, 7) is 3.14. The van der Waals surface area contributed by atoms with Crippen LogP contribution in [0.4, 0.5) is 0 Å². The van der Waals surface area contributed by atoms with Gasteiger partial charge in [-0.1, -0.05) is 15.9 Å². The molecule has 30 heavy (non-hydrogen) atoms. The number of hydrogen-bond acceptors (Lipinski definition) is 6. The van der Waals surface area contributed by atoms with Gasteiger partial charge in [0.05, 0.1) is 27.8 Å². The molecule has 0 aliphatic rings. The summed E-state index contributed by atoms with van der Waals surface area (Å²) in [4.78, 5) is 28.4. The van der Waals surface area contributed by atoms with Crippen LogP contribution < -0.4 is 15.0 Å². The van der Waals surface area contributed by atoms with Gasteiger partial charge in [-0.15, -0.1) is 0 Å². The van der Waals surface area contributed by atoms with Gasteiger partial charge >= 0.3 is 5.97 Å². The summed E-state index contributed by atoms with van der Waals surface area (Å²) < 4.78 is 13.5. The molecule has 10 heteroatoms. The van der Waals surface area contributed by atoms with Gasteiger partial charge in [0, 0.05) is 4.47 Å². The van der Waals surface area contributed by atoms with Crippen LogP contribution in [0.2, 0.25) is 0 Å². The summed E-state index contributed by atoms with van der Waals surface area (Å²) in [7, 11) is 1.46. The first-order valence-corrected chi connectivity index (χ1v) is 10.6. The average molecular weight is 586 g/mol. The Kier molecular flexibility index (Phi) is 6.76. The number of carboxylic acid groups (broad SMARTS) is 1. The second-order valence-corrected chi connectivity index (χ2v) is 8.39. The molecule has 3 aromatic rings. The lowest BCUT2D eigenvalue weighted by Crippen LogP contribution is -2.23. The first-order chi connectivity index (χ1) is 14.2. The van der Waals surface area contributed by atoms with Crippen molar-refractivity contribution in [3.05, 3.63) is 60.1 Å². The number of hydrogen-bond donors (Lipinski definition) is 1. The van der Waals surface area contributed by atoms with Gasteiger partial charge in [-0.3, -0.25) is 4.79 Å². The van der Waals surface area contributed by atoms with E-state index in [2.05, 4.69) is 26.0 Å². The lowest BCUT2D eigenvalue weighted by Gasteiger charge is -2.16. The number of carboxylic acids is 1. The summed E-state index contributed by atoms with van der Waals surface area (Å²) in [5.41, 5.74) is 0.955. The minimum Gasteiger partial charge on any atom is -0.493 e. The van der Waals surface area contributed by atoms with Crippen LogP contribution in [0.25, 0.3) is 10.9 Å². The van der Waals surface area contributed by atoms with Gasteiger partial charge in [-0.2, -0.15) is 9.78 Å². The number of fused-ring (bicyclic) bond motifs is 1. The first kappa shape index (κ1) is 22.2. The minimum absolute atomic E-state index is 0.285. The second kappa shape index (κ2) is 9.13. The molecular weight excluding hydrogens is 569 g/mol. The van der Waals surface area contributed by atoms with E-state index < -0.39 is 12.1 Å². The Morgan fingerprint density at radius 1 is 1.37 bits per heavy atom. The van der Waals surface area contributed by atoms with Gasteiger partial charge in [0.25, 0.3) is 5.56 Å². The third-order valence-electron chi connectivity index (χ3n) is 4.19. The highest BCUT2D eigenvalue weighted by molar-refractivity contribution is 14.1. The van der Waals surface area contributed by atoms with E-state index in [0.717, 1.165) is 4.47 Å². The van der Waals surface area contributed by atoms with Crippen molar-refractivity contribution in [1.82, 2.24) is 9.66 Å². The number of methoxy groups -OCH3 is 1. The summed E-state index contributed by atoms with van der Waals surface area (Å²) in [6.07, 6.45) is 0.478. The molecule has 8 nitrogen and oxygen atoms in total. The Morgan fingerprint density at radius 2 is 2.10 bits per heavy atom. The van der Waals surface area contributed by atoms with Crippen molar-refractivity contribution < 1.29 is 19.4 Å². The zero-order valence-corrected chi connectivity index (χ0v) is 20.0. The Balaban J connectivity index is 2.01. The van der Waals surface area contributed by atoms with E-state index in [1.165, 1.54) is 24.9 Å². The fraction of sp³-hybridized carbons (Fsp3) is 0.200. The van der Waals surface area contributed by atoms with Crippen molar-refractivity contribution >= 4 is 61.6 Å². The number of aromatic nitrogens is 2. The minimum atomic E-state index is -1.08. The van der Waals surface area contributed by atoms with Crippen LogP contribution in [0.15, 0.2) is 44.7 Å². The molecule has 0 saturated heterocycles. The van der Waals surface area contributed by atoms with E-state index in [9.17, 15) is 9.59 Å². The van der Waals surface area contributed by atoms with Crippen LogP contribution in [0.5, 0.6) is 11.5 Å². The van der Waals surface area contributed by atoms with Gasteiger partial charge < -0.3 is 14.6 Å². The first-order valence-electron chi connectivity index (χ1n) is 8.71. The van der Waals surface area contributed by atoms with Crippen molar-refractivity contribution in [2.75, 3.05) is 7.11 Å². The Hall–Kier alpha value is -2.47. The molecule has 0 amide bonds. The molecule has 0 aliphatic heterocycles. The number of ether oxygens (including phenoxy) is 2. The van der Waals surface area contributed by atoms with Crippen LogP contribution in [-0.2, 0) is 4.79 Å². The van der Waals surface area contributed by atoms with Crippen LogP contribution in [0.3, 0.4) is 0 Å². The maximum atomic E-state index is 12.8. The predicted octanol–water partition coefficient (Wildman–Crippen LogP) is 3.81. The zero-order chi connectivity index (χ0) is 22.0. The highest BCUT2D eigenvalue weighted by Crippen LogP contribution is 2.34. The summed E-state index contributed by atoms with van der Waals surface area (Å²) in [6, 6.07) is 8.71. The molecule has 0 spiro atoms. The number of carbonyl (C=O) groups is 1. The van der Waals surface area contributed by atoms with E-state index in [-0.39, 0.29) is 5.56 Å². The molecule has 0 radical (unpaired) electrons. The molecule has 0 bridgehead atoms. The molecule has 2 aromatic carbocycles. The molecule has 1 heterocycles. The normalized spacial score (nSPS) is 12.3. The van der Waals surface area contributed by atoms with Crippen molar-refractivity contribution in [3.63, 3.8) is 0 Å². The van der Waals surface area contributed by atoms with E-state index in [1.54, 1.807) is 31.2 Å². The van der Waals surface area contributed by atoms with Crippen molar-refractivity contribution in [2.45, 2.75) is 20.0 Å². The molecule has 1 N–H and O–H groups in total. The molecule has 0 aliphatic carbocycles. The van der Waals surface area contributed by atoms with E-state index in [1.807, 2.05) is 28.7 Å². The average Bonchev–Trinajstić information content (AvgIpc) is 2.69. The van der Waals surface area contributed by atoms with Crippen LogP contribution in [0, 0.1) is 10.5 Å². The van der Waals surface area contributed by atoms with Gasteiger partial charge in [0.2, 0.25) is 0 Å². The van der Waals surface area contributed by atoms with Crippen LogP contribution in [0.1, 0.15) is 18.3 Å². The maximum absolute atomic E-state index is 12.8. The molecule has 0 saturated carbocycles. The zero-order valence-electron chi connectivity index (χ0n) is 16.2. The van der Waals surface area contributed by atoms with Gasteiger partial charge in [-0.05, 0) is 72.3 Å². The predicted molar refractivity (Wildman–Crippen MR) is 125 cm³/mol. The molecule has 156 valence electrons. The third-order valence-corrected chi connectivity index (χ3v) is 5.48. The monoisotopic (exact) mass is 585 g/mol. The molecule has 0 fully saturated rings. The highest BCUT2D eigenvalue weighted by Gasteiger charge is 2.18. The van der Waals surface area contributed by atoms with Crippen LogP contribution in [-0.4, -0.2) is 40.2 Å². The largest absolute Gasteiger partial charge is 0.493 e. The number of aliphatic carboxylic acids is 1. The molecular formula is C20H17BrIN3O5. The van der Waals surface area contributed by atoms with Gasteiger partial charge in [0.1, 0.15) is 5.82 Å². The van der Waals surface area contributed by atoms with Crippen LogP contribution >= 0.6 is 38.5 Å². The molecule has 1 atom stereocenters. The maximum Gasteiger partial charge on any atom is 0.344 e. The van der Waals surface area contributed by atoms with E-state index >= 15 is 0 Å². The molecule has 3 rings (SSSR count). The fourth-order valence-electron chi connectivity index (χ4n) is 2.68. The fourth-order valence-corrected chi connectivity index (χ4v) is 3.79. The van der Waals surface area contributed by atoms with Crippen molar-refractivity contribution in [1.29, 1.82) is 0 Å². The smallest absolute Gasteiger partial charge is 0.344 e. The van der Waals surface area contributed by atoms with Gasteiger partial charge in [-0.25, -0.2) is 9.78 Å². The number of aryl methyl sites for hydroxylation is 1. The lowest BCUT2D eigenvalue weighted by atomic mass is 10.2.